The number of rotatable bonds is 4. The van der Waals surface area contributed by atoms with Crippen LogP contribution in [-0.2, 0) is 6.54 Å². The van der Waals surface area contributed by atoms with Gasteiger partial charge in [-0.2, -0.15) is 0 Å². The Morgan fingerprint density at radius 2 is 2.55 bits per heavy atom. The van der Waals surface area contributed by atoms with Crippen LogP contribution in [0.4, 0.5) is 0 Å². The van der Waals surface area contributed by atoms with E-state index in [-0.39, 0.29) is 0 Å². The van der Waals surface area contributed by atoms with Gasteiger partial charge >= 0.3 is 0 Å². The lowest BCUT2D eigenvalue weighted by Gasteiger charge is -1.96. The molecule has 0 unspecified atom stereocenters. The Kier molecular flexibility index (Phi) is 3.29. The van der Waals surface area contributed by atoms with E-state index in [9.17, 15) is 4.79 Å². The summed E-state index contributed by atoms with van der Waals surface area (Å²) < 4.78 is 1.91. The molecule has 0 saturated carbocycles. The van der Waals surface area contributed by atoms with Crippen LogP contribution >= 0.6 is 15.9 Å². The number of alkyl halides is 1. The minimum absolute atomic E-state index is 0.500. The highest BCUT2D eigenvalue weighted by molar-refractivity contribution is 9.09. The molecule has 4 heteroatoms. The molecule has 0 amide bonds. The molecule has 1 aromatic heterocycles. The summed E-state index contributed by atoms with van der Waals surface area (Å²) in [5.74, 6) is 0. The van der Waals surface area contributed by atoms with Crippen molar-refractivity contribution in [1.82, 2.24) is 9.55 Å². The fraction of sp³-hybridized carbons (Fsp3) is 0.429. The summed E-state index contributed by atoms with van der Waals surface area (Å²) in [6.07, 6.45) is 5.22. The number of carbonyl (C=O) groups excluding carboxylic acids is 1. The van der Waals surface area contributed by atoms with Crippen molar-refractivity contribution in [3.8, 4) is 0 Å². The van der Waals surface area contributed by atoms with E-state index in [4.69, 9.17) is 0 Å². The van der Waals surface area contributed by atoms with E-state index in [1.54, 1.807) is 12.5 Å². The van der Waals surface area contributed by atoms with Gasteiger partial charge in [0.15, 0.2) is 6.29 Å². The zero-order chi connectivity index (χ0) is 8.10. The maximum absolute atomic E-state index is 10.2. The number of aldehydes is 1. The molecule has 0 N–H and O–H groups in total. The number of hydrogen-bond donors (Lipinski definition) is 0. The number of nitrogens with zero attached hydrogens (tertiary/aromatic N) is 2. The Morgan fingerprint density at radius 1 is 1.73 bits per heavy atom. The molecule has 0 fully saturated rings. The van der Waals surface area contributed by atoms with Gasteiger partial charge in [0.2, 0.25) is 0 Å². The fourth-order valence-electron chi connectivity index (χ4n) is 0.803. The number of hydrogen-bond acceptors (Lipinski definition) is 2. The van der Waals surface area contributed by atoms with Gasteiger partial charge in [0.1, 0.15) is 5.69 Å². The van der Waals surface area contributed by atoms with Crippen LogP contribution in [0, 0.1) is 0 Å². The lowest BCUT2D eigenvalue weighted by Crippen LogP contribution is -1.94. The van der Waals surface area contributed by atoms with Crippen LogP contribution < -0.4 is 0 Å². The highest BCUT2D eigenvalue weighted by atomic mass is 79.9. The predicted octanol–water partition coefficient (Wildman–Crippen LogP) is 1.48. The molecule has 1 aromatic rings. The summed E-state index contributed by atoms with van der Waals surface area (Å²) >= 11 is 3.33. The lowest BCUT2D eigenvalue weighted by atomic mass is 10.5. The minimum atomic E-state index is 0.500. The predicted molar refractivity (Wildman–Crippen MR) is 46.0 cm³/mol. The fourth-order valence-corrected chi connectivity index (χ4v) is 1.05. The molecule has 0 bridgehead atoms. The summed E-state index contributed by atoms with van der Waals surface area (Å²) in [5.41, 5.74) is 0.500. The molecule has 11 heavy (non-hydrogen) atoms. The first kappa shape index (κ1) is 8.46. The normalized spacial score (nSPS) is 9.91. The summed E-state index contributed by atoms with van der Waals surface area (Å²) in [6.45, 7) is 0.909. The lowest BCUT2D eigenvalue weighted by molar-refractivity contribution is 0.111. The van der Waals surface area contributed by atoms with Crippen molar-refractivity contribution in [2.45, 2.75) is 13.0 Å². The summed E-state index contributed by atoms with van der Waals surface area (Å²) in [5, 5.41) is 0.974. The first-order valence-corrected chi connectivity index (χ1v) is 4.52. The van der Waals surface area contributed by atoms with Gasteiger partial charge in [0.05, 0.1) is 6.33 Å². The zero-order valence-corrected chi connectivity index (χ0v) is 7.62. The van der Waals surface area contributed by atoms with Crippen molar-refractivity contribution in [3.63, 3.8) is 0 Å². The van der Waals surface area contributed by atoms with Crippen LogP contribution in [0.3, 0.4) is 0 Å². The smallest absolute Gasteiger partial charge is 0.169 e. The first-order chi connectivity index (χ1) is 5.36. The third-order valence-corrected chi connectivity index (χ3v) is 1.88. The molecule has 0 saturated heterocycles. The maximum atomic E-state index is 10.2. The van der Waals surface area contributed by atoms with Gasteiger partial charge in [0.25, 0.3) is 0 Å². The number of carbonyl (C=O) groups is 1. The van der Waals surface area contributed by atoms with Crippen molar-refractivity contribution in [2.75, 3.05) is 5.33 Å². The molecule has 0 aromatic carbocycles. The molecule has 0 aliphatic rings. The van der Waals surface area contributed by atoms with Gasteiger partial charge < -0.3 is 4.57 Å². The Morgan fingerprint density at radius 3 is 3.09 bits per heavy atom. The van der Waals surface area contributed by atoms with E-state index >= 15 is 0 Å². The maximum Gasteiger partial charge on any atom is 0.169 e. The first-order valence-electron chi connectivity index (χ1n) is 3.39. The number of aromatic nitrogens is 2. The highest BCUT2D eigenvalue weighted by Gasteiger charge is 1.94. The van der Waals surface area contributed by atoms with Crippen LogP contribution in [0.25, 0.3) is 0 Å². The molecule has 1 heterocycles. The molecular formula is C7H9BrN2O. The van der Waals surface area contributed by atoms with E-state index < -0.39 is 0 Å². The average molecular weight is 217 g/mol. The van der Waals surface area contributed by atoms with Crippen LogP contribution in [-0.4, -0.2) is 21.2 Å². The quantitative estimate of drug-likeness (QED) is 0.565. The second-order valence-corrected chi connectivity index (χ2v) is 2.99. The van der Waals surface area contributed by atoms with Crippen molar-refractivity contribution in [1.29, 1.82) is 0 Å². The van der Waals surface area contributed by atoms with E-state index in [0.29, 0.717) is 5.69 Å². The molecule has 1 rings (SSSR count). The third-order valence-electron chi connectivity index (χ3n) is 1.32. The summed E-state index contributed by atoms with van der Waals surface area (Å²) in [4.78, 5) is 14.1. The van der Waals surface area contributed by atoms with Crippen LogP contribution in [0.1, 0.15) is 16.9 Å². The molecule has 0 aliphatic carbocycles. The second kappa shape index (κ2) is 4.28. The monoisotopic (exact) mass is 216 g/mol. The largest absolute Gasteiger partial charge is 0.337 e. The van der Waals surface area contributed by atoms with Crippen molar-refractivity contribution >= 4 is 22.2 Å². The van der Waals surface area contributed by atoms with E-state index in [1.807, 2.05) is 4.57 Å². The number of halogens is 1. The van der Waals surface area contributed by atoms with Gasteiger partial charge in [-0.25, -0.2) is 4.98 Å². The van der Waals surface area contributed by atoms with Crippen molar-refractivity contribution in [3.05, 3.63) is 18.2 Å². The molecular weight excluding hydrogens is 208 g/mol. The third kappa shape index (κ3) is 2.46. The highest BCUT2D eigenvalue weighted by Crippen LogP contribution is 1.96. The van der Waals surface area contributed by atoms with Crippen molar-refractivity contribution < 1.29 is 4.79 Å². The van der Waals surface area contributed by atoms with Gasteiger partial charge in [-0.3, -0.25) is 4.79 Å². The second-order valence-electron chi connectivity index (χ2n) is 2.20. The molecule has 0 atom stereocenters. The Bertz CT molecular complexity index is 234. The van der Waals surface area contributed by atoms with Gasteiger partial charge in [-0.15, -0.1) is 0 Å². The minimum Gasteiger partial charge on any atom is -0.337 e. The summed E-state index contributed by atoms with van der Waals surface area (Å²) in [6, 6.07) is 0. The Hall–Kier alpha value is -0.640. The summed E-state index contributed by atoms with van der Waals surface area (Å²) in [7, 11) is 0. The standard InChI is InChI=1S/C7H9BrN2O/c8-2-1-3-10-4-7(5-11)9-6-10/h4-6H,1-3H2. The Balaban J connectivity index is 2.51. The van der Waals surface area contributed by atoms with E-state index in [0.717, 1.165) is 24.6 Å². The number of imidazole rings is 1. The van der Waals surface area contributed by atoms with E-state index in [1.165, 1.54) is 0 Å². The molecule has 0 aliphatic heterocycles. The Labute approximate surface area is 73.6 Å². The van der Waals surface area contributed by atoms with Gasteiger partial charge in [-0.1, -0.05) is 15.9 Å². The van der Waals surface area contributed by atoms with Crippen LogP contribution in [0.15, 0.2) is 12.5 Å². The average Bonchev–Trinajstić information content (AvgIpc) is 2.48. The molecule has 0 spiro atoms. The van der Waals surface area contributed by atoms with Gasteiger partial charge in [0, 0.05) is 18.1 Å². The van der Waals surface area contributed by atoms with Crippen LogP contribution in [0.5, 0.6) is 0 Å². The number of aryl methyl sites for hydroxylation is 1. The van der Waals surface area contributed by atoms with Crippen LogP contribution in [0.2, 0.25) is 0 Å². The van der Waals surface area contributed by atoms with Crippen molar-refractivity contribution in [2.24, 2.45) is 0 Å². The van der Waals surface area contributed by atoms with E-state index in [2.05, 4.69) is 20.9 Å². The molecule has 0 radical (unpaired) electrons. The topological polar surface area (TPSA) is 34.9 Å². The van der Waals surface area contributed by atoms with Gasteiger partial charge in [-0.05, 0) is 6.42 Å². The molecule has 3 nitrogen and oxygen atoms in total. The zero-order valence-electron chi connectivity index (χ0n) is 6.03. The molecule has 60 valence electrons. The SMILES string of the molecule is O=Cc1cn(CCCBr)cn1.